The van der Waals surface area contributed by atoms with Gasteiger partial charge in [-0.2, -0.15) is 5.48 Å². The van der Waals surface area contributed by atoms with Gasteiger partial charge in [-0.1, -0.05) is 30.0 Å². The molecular weight excluding hydrogens is 158 g/mol. The van der Waals surface area contributed by atoms with Gasteiger partial charge < -0.3 is 0 Å². The first kappa shape index (κ1) is 7.16. The van der Waals surface area contributed by atoms with Crippen LogP contribution >= 0.6 is 11.8 Å². The summed E-state index contributed by atoms with van der Waals surface area (Å²) in [5, 5.41) is 0. The summed E-state index contributed by atoms with van der Waals surface area (Å²) in [5.41, 5.74) is 4.20. The van der Waals surface area contributed by atoms with E-state index in [4.69, 9.17) is 4.84 Å². The predicted octanol–water partition coefficient (Wildman–Crippen LogP) is 1.77. The van der Waals surface area contributed by atoms with Crippen molar-refractivity contribution < 1.29 is 4.84 Å². The molecule has 0 saturated carbocycles. The fraction of sp³-hybridized carbons (Fsp3) is 0.250. The van der Waals surface area contributed by atoms with E-state index < -0.39 is 0 Å². The van der Waals surface area contributed by atoms with Gasteiger partial charge in [0.25, 0.3) is 0 Å². The SMILES string of the molecule is c1ccc2c(c1)CNOCS2. The highest BCUT2D eigenvalue weighted by molar-refractivity contribution is 7.99. The summed E-state index contributed by atoms with van der Waals surface area (Å²) in [6.45, 7) is 0.809. The molecule has 1 aliphatic rings. The van der Waals surface area contributed by atoms with E-state index in [2.05, 4.69) is 23.7 Å². The van der Waals surface area contributed by atoms with Gasteiger partial charge in [-0.05, 0) is 11.6 Å². The monoisotopic (exact) mass is 167 g/mol. The summed E-state index contributed by atoms with van der Waals surface area (Å²) in [7, 11) is 0. The summed E-state index contributed by atoms with van der Waals surface area (Å²) in [5.74, 6) is 0.691. The summed E-state index contributed by atoms with van der Waals surface area (Å²) in [6, 6.07) is 8.34. The van der Waals surface area contributed by atoms with Crippen LogP contribution in [0.15, 0.2) is 29.2 Å². The highest BCUT2D eigenvalue weighted by Gasteiger charge is 2.05. The third-order valence-corrected chi connectivity index (χ3v) is 2.56. The molecule has 0 aliphatic carbocycles. The molecule has 0 fully saturated rings. The van der Waals surface area contributed by atoms with Crippen LogP contribution in [0.5, 0.6) is 0 Å². The Balaban J connectivity index is 2.33. The lowest BCUT2D eigenvalue weighted by atomic mass is 10.2. The van der Waals surface area contributed by atoms with Crippen molar-refractivity contribution in [3.8, 4) is 0 Å². The summed E-state index contributed by atoms with van der Waals surface area (Å²) < 4.78 is 0. The fourth-order valence-electron chi connectivity index (χ4n) is 1.05. The van der Waals surface area contributed by atoms with Crippen LogP contribution in [0.25, 0.3) is 0 Å². The molecule has 1 aromatic rings. The van der Waals surface area contributed by atoms with E-state index in [0.717, 1.165) is 6.54 Å². The number of thioether (sulfide) groups is 1. The maximum Gasteiger partial charge on any atom is 0.118 e. The molecule has 0 aromatic heterocycles. The number of hydrogen-bond acceptors (Lipinski definition) is 3. The van der Waals surface area contributed by atoms with Gasteiger partial charge in [-0.3, -0.25) is 4.84 Å². The molecule has 2 nitrogen and oxygen atoms in total. The topological polar surface area (TPSA) is 21.3 Å². The molecule has 1 aliphatic heterocycles. The molecule has 3 heteroatoms. The number of hydroxylamine groups is 1. The Hall–Kier alpha value is -0.510. The fourth-order valence-corrected chi connectivity index (χ4v) is 1.82. The molecule has 0 amide bonds. The highest BCUT2D eigenvalue weighted by atomic mass is 32.2. The van der Waals surface area contributed by atoms with E-state index >= 15 is 0 Å². The lowest BCUT2D eigenvalue weighted by Gasteiger charge is -2.00. The number of rotatable bonds is 0. The Labute approximate surface area is 69.9 Å². The third kappa shape index (κ3) is 1.56. The van der Waals surface area contributed by atoms with Crippen LogP contribution in [0.3, 0.4) is 0 Å². The van der Waals surface area contributed by atoms with Crippen molar-refractivity contribution in [2.24, 2.45) is 0 Å². The first-order chi connectivity index (χ1) is 5.47. The van der Waals surface area contributed by atoms with Crippen molar-refractivity contribution in [1.29, 1.82) is 0 Å². The van der Waals surface area contributed by atoms with Crippen LogP contribution < -0.4 is 5.48 Å². The van der Waals surface area contributed by atoms with E-state index in [9.17, 15) is 0 Å². The molecule has 1 N–H and O–H groups in total. The second kappa shape index (κ2) is 3.26. The lowest BCUT2D eigenvalue weighted by Crippen LogP contribution is -2.10. The van der Waals surface area contributed by atoms with Gasteiger partial charge in [0.2, 0.25) is 0 Å². The average molecular weight is 167 g/mol. The van der Waals surface area contributed by atoms with E-state index in [1.54, 1.807) is 11.8 Å². The van der Waals surface area contributed by atoms with Gasteiger partial charge in [0.1, 0.15) is 5.94 Å². The van der Waals surface area contributed by atoms with Crippen molar-refractivity contribution in [1.82, 2.24) is 5.48 Å². The third-order valence-electron chi connectivity index (χ3n) is 1.61. The molecule has 0 atom stereocenters. The van der Waals surface area contributed by atoms with Gasteiger partial charge in [-0.25, -0.2) is 0 Å². The Kier molecular flexibility index (Phi) is 2.12. The largest absolute Gasteiger partial charge is 0.290 e. The van der Waals surface area contributed by atoms with Crippen LogP contribution in [-0.4, -0.2) is 5.94 Å². The molecule has 2 rings (SSSR count). The minimum atomic E-state index is 0.691. The van der Waals surface area contributed by atoms with Crippen LogP contribution in [-0.2, 0) is 11.4 Å². The maximum absolute atomic E-state index is 5.09. The maximum atomic E-state index is 5.09. The zero-order chi connectivity index (χ0) is 7.52. The zero-order valence-corrected chi connectivity index (χ0v) is 6.86. The molecule has 0 bridgehead atoms. The summed E-state index contributed by atoms with van der Waals surface area (Å²) in [4.78, 5) is 6.41. The second-order valence-electron chi connectivity index (χ2n) is 2.34. The van der Waals surface area contributed by atoms with E-state index in [-0.39, 0.29) is 0 Å². The molecule has 58 valence electrons. The summed E-state index contributed by atoms with van der Waals surface area (Å²) >= 11 is 1.72. The zero-order valence-electron chi connectivity index (χ0n) is 6.04. The molecule has 0 spiro atoms. The molecular formula is C8H9NOS. The Morgan fingerprint density at radius 1 is 1.36 bits per heavy atom. The van der Waals surface area contributed by atoms with Gasteiger partial charge >= 0.3 is 0 Å². The number of fused-ring (bicyclic) bond motifs is 1. The molecule has 0 radical (unpaired) electrons. The molecule has 1 aromatic carbocycles. The Bertz CT molecular complexity index is 227. The smallest absolute Gasteiger partial charge is 0.118 e. The van der Waals surface area contributed by atoms with Gasteiger partial charge in [0.15, 0.2) is 0 Å². The van der Waals surface area contributed by atoms with Crippen LogP contribution in [0, 0.1) is 0 Å². The highest BCUT2D eigenvalue weighted by Crippen LogP contribution is 2.24. The van der Waals surface area contributed by atoms with E-state index in [0.29, 0.717) is 5.94 Å². The molecule has 11 heavy (non-hydrogen) atoms. The van der Waals surface area contributed by atoms with Crippen LogP contribution in [0.2, 0.25) is 0 Å². The summed E-state index contributed by atoms with van der Waals surface area (Å²) in [6.07, 6.45) is 0. The van der Waals surface area contributed by atoms with Crippen molar-refractivity contribution >= 4 is 11.8 Å². The van der Waals surface area contributed by atoms with Gasteiger partial charge in [-0.15, -0.1) is 0 Å². The second-order valence-corrected chi connectivity index (χ2v) is 3.30. The molecule has 1 heterocycles. The van der Waals surface area contributed by atoms with Crippen molar-refractivity contribution in [2.75, 3.05) is 5.94 Å². The van der Waals surface area contributed by atoms with Crippen molar-refractivity contribution in [3.63, 3.8) is 0 Å². The normalized spacial score (nSPS) is 17.1. The molecule has 0 saturated heterocycles. The first-order valence-electron chi connectivity index (χ1n) is 3.52. The quantitative estimate of drug-likeness (QED) is 0.636. The Morgan fingerprint density at radius 3 is 3.27 bits per heavy atom. The van der Waals surface area contributed by atoms with Crippen LogP contribution in [0.4, 0.5) is 0 Å². The molecule has 0 unspecified atom stereocenters. The number of hydrogen-bond donors (Lipinski definition) is 1. The number of benzene rings is 1. The van der Waals surface area contributed by atoms with Crippen LogP contribution in [0.1, 0.15) is 5.56 Å². The van der Waals surface area contributed by atoms with Crippen molar-refractivity contribution in [3.05, 3.63) is 29.8 Å². The first-order valence-corrected chi connectivity index (χ1v) is 4.51. The van der Waals surface area contributed by atoms with Gasteiger partial charge in [0, 0.05) is 11.4 Å². The van der Waals surface area contributed by atoms with Gasteiger partial charge in [0.05, 0.1) is 0 Å². The van der Waals surface area contributed by atoms with Crippen molar-refractivity contribution in [2.45, 2.75) is 11.4 Å². The predicted molar refractivity (Wildman–Crippen MR) is 45.1 cm³/mol. The lowest BCUT2D eigenvalue weighted by molar-refractivity contribution is 0.0758. The van der Waals surface area contributed by atoms with E-state index in [1.165, 1.54) is 10.5 Å². The van der Waals surface area contributed by atoms with E-state index in [1.807, 2.05) is 6.07 Å². The minimum absolute atomic E-state index is 0.691. The number of nitrogens with one attached hydrogen (secondary N) is 1. The Morgan fingerprint density at radius 2 is 2.27 bits per heavy atom. The standard InChI is InChI=1S/C8H9NOS/c1-2-4-8-7(3-1)5-9-10-6-11-8/h1-4,9H,5-6H2. The average Bonchev–Trinajstić information content (AvgIpc) is 2.28. The minimum Gasteiger partial charge on any atom is -0.290 e.